The van der Waals surface area contributed by atoms with Crippen molar-refractivity contribution in [2.24, 2.45) is 0 Å². The fraction of sp³-hybridized carbons (Fsp3) is 0.182. The highest BCUT2D eigenvalue weighted by Gasteiger charge is 2.03. The van der Waals surface area contributed by atoms with E-state index in [1.807, 2.05) is 26.0 Å². The molecule has 0 spiro atoms. The molecule has 0 unspecified atom stereocenters. The quantitative estimate of drug-likeness (QED) is 0.768. The second-order valence-corrected chi connectivity index (χ2v) is 4.83. The number of hydrogen-bond acceptors (Lipinski definition) is 4. The second kappa shape index (κ2) is 4.80. The smallest absolute Gasteiger partial charge is 0.133 e. The summed E-state index contributed by atoms with van der Waals surface area (Å²) in [6, 6.07) is 5.79. The molecule has 0 aliphatic rings. The van der Waals surface area contributed by atoms with Gasteiger partial charge in [-0.25, -0.2) is 15.0 Å². The molecule has 2 heterocycles. The van der Waals surface area contributed by atoms with Crippen molar-refractivity contribution in [2.75, 3.05) is 0 Å². The minimum absolute atomic E-state index is 0.446. The molecular formula is C11H10ClN3S. The Hall–Kier alpha value is -1.13. The first-order chi connectivity index (χ1) is 7.63. The monoisotopic (exact) mass is 251 g/mol. The fourth-order valence-electron chi connectivity index (χ4n) is 1.34. The van der Waals surface area contributed by atoms with Crippen LogP contribution in [0.25, 0.3) is 0 Å². The molecule has 0 N–H and O–H groups in total. The molecule has 2 rings (SSSR count). The zero-order valence-electron chi connectivity index (χ0n) is 8.94. The van der Waals surface area contributed by atoms with Gasteiger partial charge in [0.2, 0.25) is 0 Å². The zero-order valence-corrected chi connectivity index (χ0v) is 10.5. The molecule has 0 saturated carbocycles. The molecule has 0 aliphatic carbocycles. The van der Waals surface area contributed by atoms with Crippen molar-refractivity contribution >= 4 is 23.4 Å². The van der Waals surface area contributed by atoms with Crippen LogP contribution >= 0.6 is 23.4 Å². The average molecular weight is 252 g/mol. The van der Waals surface area contributed by atoms with E-state index in [0.717, 1.165) is 15.7 Å². The highest BCUT2D eigenvalue weighted by atomic mass is 35.5. The lowest BCUT2D eigenvalue weighted by Crippen LogP contribution is -1.88. The first kappa shape index (κ1) is 11.4. The van der Waals surface area contributed by atoms with E-state index in [1.165, 1.54) is 23.7 Å². The first-order valence-corrected chi connectivity index (χ1v) is 5.93. The largest absolute Gasteiger partial charge is 0.246 e. The molecule has 0 atom stereocenters. The Morgan fingerprint density at radius 2 is 1.88 bits per heavy atom. The lowest BCUT2D eigenvalue weighted by molar-refractivity contribution is 1.02. The highest BCUT2D eigenvalue weighted by Crippen LogP contribution is 2.26. The Morgan fingerprint density at radius 3 is 2.56 bits per heavy atom. The summed E-state index contributed by atoms with van der Waals surface area (Å²) in [6.45, 7) is 4.02. The first-order valence-electron chi connectivity index (χ1n) is 4.74. The summed E-state index contributed by atoms with van der Waals surface area (Å²) in [7, 11) is 0. The van der Waals surface area contributed by atoms with E-state index in [-0.39, 0.29) is 0 Å². The molecule has 0 bridgehead atoms. The number of hydrogen-bond donors (Lipinski definition) is 0. The van der Waals surface area contributed by atoms with Crippen molar-refractivity contribution in [1.82, 2.24) is 15.0 Å². The molecule has 0 radical (unpaired) electrons. The van der Waals surface area contributed by atoms with Crippen molar-refractivity contribution in [3.8, 4) is 0 Å². The maximum Gasteiger partial charge on any atom is 0.133 e. The minimum Gasteiger partial charge on any atom is -0.246 e. The molecule has 3 nitrogen and oxygen atoms in total. The Labute approximate surface area is 103 Å². The fourth-order valence-corrected chi connectivity index (χ4v) is 2.47. The number of aromatic nitrogens is 3. The third kappa shape index (κ3) is 2.93. The number of pyridine rings is 1. The van der Waals surface area contributed by atoms with Gasteiger partial charge in [0, 0.05) is 11.8 Å². The Morgan fingerprint density at radius 1 is 1.06 bits per heavy atom. The van der Waals surface area contributed by atoms with Crippen LogP contribution in [0.15, 0.2) is 34.6 Å². The van der Waals surface area contributed by atoms with Crippen LogP contribution < -0.4 is 0 Å². The Kier molecular flexibility index (Phi) is 3.41. The van der Waals surface area contributed by atoms with Crippen molar-refractivity contribution in [3.63, 3.8) is 0 Å². The van der Waals surface area contributed by atoms with Crippen LogP contribution in [0.2, 0.25) is 5.15 Å². The van der Waals surface area contributed by atoms with Gasteiger partial charge in [-0.15, -0.1) is 0 Å². The van der Waals surface area contributed by atoms with E-state index in [9.17, 15) is 0 Å². The van der Waals surface area contributed by atoms with Gasteiger partial charge in [-0.3, -0.25) is 0 Å². The van der Waals surface area contributed by atoms with E-state index in [0.29, 0.717) is 5.15 Å². The van der Waals surface area contributed by atoms with Gasteiger partial charge < -0.3 is 0 Å². The highest BCUT2D eigenvalue weighted by molar-refractivity contribution is 7.99. The van der Waals surface area contributed by atoms with Crippen LogP contribution in [0.3, 0.4) is 0 Å². The van der Waals surface area contributed by atoms with E-state index in [1.54, 1.807) is 6.07 Å². The Balaban J connectivity index is 2.27. The summed E-state index contributed by atoms with van der Waals surface area (Å²) in [4.78, 5) is 12.4. The van der Waals surface area contributed by atoms with Gasteiger partial charge in [0.05, 0.1) is 0 Å². The van der Waals surface area contributed by atoms with Gasteiger partial charge in [0.1, 0.15) is 21.5 Å². The van der Waals surface area contributed by atoms with Crippen molar-refractivity contribution in [3.05, 3.63) is 40.9 Å². The molecule has 5 heteroatoms. The Bertz CT molecular complexity index is 496. The molecule has 0 saturated heterocycles. The average Bonchev–Trinajstić information content (AvgIpc) is 2.15. The molecule has 16 heavy (non-hydrogen) atoms. The number of rotatable bonds is 2. The SMILES string of the molecule is Cc1cc(C)nc(Sc2cc(Cl)ncn2)c1. The third-order valence-electron chi connectivity index (χ3n) is 1.89. The normalized spacial score (nSPS) is 10.4. The molecular weight excluding hydrogens is 242 g/mol. The summed E-state index contributed by atoms with van der Waals surface area (Å²) < 4.78 is 0. The molecule has 2 aromatic heterocycles. The lowest BCUT2D eigenvalue weighted by Gasteiger charge is -2.03. The van der Waals surface area contributed by atoms with E-state index in [2.05, 4.69) is 15.0 Å². The summed E-state index contributed by atoms with van der Waals surface area (Å²) in [5.41, 5.74) is 2.19. The predicted octanol–water partition coefficient (Wildman–Crippen LogP) is 3.29. The van der Waals surface area contributed by atoms with E-state index >= 15 is 0 Å². The molecule has 0 aliphatic heterocycles. The van der Waals surface area contributed by atoms with Crippen molar-refractivity contribution in [2.45, 2.75) is 23.9 Å². The van der Waals surface area contributed by atoms with E-state index < -0.39 is 0 Å². The maximum absolute atomic E-state index is 5.79. The van der Waals surface area contributed by atoms with Crippen LogP contribution in [-0.2, 0) is 0 Å². The van der Waals surface area contributed by atoms with Gasteiger partial charge >= 0.3 is 0 Å². The molecule has 82 valence electrons. The zero-order chi connectivity index (χ0) is 11.5. The van der Waals surface area contributed by atoms with Crippen LogP contribution in [0.1, 0.15) is 11.3 Å². The van der Waals surface area contributed by atoms with Crippen LogP contribution in [0.4, 0.5) is 0 Å². The summed E-state index contributed by atoms with van der Waals surface area (Å²) >= 11 is 7.27. The second-order valence-electron chi connectivity index (χ2n) is 3.41. The lowest BCUT2D eigenvalue weighted by atomic mass is 10.3. The predicted molar refractivity (Wildman–Crippen MR) is 64.9 cm³/mol. The molecule has 2 aromatic rings. The van der Waals surface area contributed by atoms with Crippen LogP contribution in [0.5, 0.6) is 0 Å². The van der Waals surface area contributed by atoms with Gasteiger partial charge in [-0.1, -0.05) is 11.6 Å². The van der Waals surface area contributed by atoms with E-state index in [4.69, 9.17) is 11.6 Å². The topological polar surface area (TPSA) is 38.7 Å². The third-order valence-corrected chi connectivity index (χ3v) is 2.95. The summed E-state index contributed by atoms with van der Waals surface area (Å²) in [6.07, 6.45) is 1.45. The van der Waals surface area contributed by atoms with Gasteiger partial charge in [0.15, 0.2) is 0 Å². The number of halogens is 1. The van der Waals surface area contributed by atoms with Crippen LogP contribution in [-0.4, -0.2) is 15.0 Å². The van der Waals surface area contributed by atoms with Crippen molar-refractivity contribution in [1.29, 1.82) is 0 Å². The van der Waals surface area contributed by atoms with Crippen molar-refractivity contribution < 1.29 is 0 Å². The minimum atomic E-state index is 0.446. The molecule has 0 aromatic carbocycles. The standard InChI is InChI=1S/C11H10ClN3S/c1-7-3-8(2)15-11(4-7)16-10-5-9(12)13-6-14-10/h3-6H,1-2H3. The number of aryl methyl sites for hydroxylation is 2. The maximum atomic E-state index is 5.79. The van der Waals surface area contributed by atoms with Gasteiger partial charge in [-0.05, 0) is 43.3 Å². The van der Waals surface area contributed by atoms with Gasteiger partial charge in [-0.2, -0.15) is 0 Å². The summed E-state index contributed by atoms with van der Waals surface area (Å²) in [5, 5.41) is 2.17. The summed E-state index contributed by atoms with van der Waals surface area (Å²) in [5.74, 6) is 0. The van der Waals surface area contributed by atoms with Crippen LogP contribution in [0, 0.1) is 13.8 Å². The molecule has 0 amide bonds. The van der Waals surface area contributed by atoms with Gasteiger partial charge in [0.25, 0.3) is 0 Å². The number of nitrogens with zero attached hydrogens (tertiary/aromatic N) is 3. The molecule has 0 fully saturated rings.